The fraction of sp³-hybridized carbons (Fsp3) is 0.385. The third-order valence-corrected chi connectivity index (χ3v) is 3.63. The lowest BCUT2D eigenvalue weighted by Crippen LogP contribution is -2.36. The van der Waals surface area contributed by atoms with Crippen LogP contribution in [-0.2, 0) is 5.67 Å². The van der Waals surface area contributed by atoms with Gasteiger partial charge < -0.3 is 9.73 Å². The van der Waals surface area contributed by atoms with Gasteiger partial charge in [-0.25, -0.2) is 4.39 Å². The molecule has 3 rings (SSSR count). The Morgan fingerprint density at radius 2 is 2.06 bits per heavy atom. The molecule has 0 unspecified atom stereocenters. The molecule has 0 amide bonds. The van der Waals surface area contributed by atoms with E-state index in [0.717, 1.165) is 5.39 Å². The van der Waals surface area contributed by atoms with Gasteiger partial charge in [0.25, 0.3) is 0 Å². The van der Waals surface area contributed by atoms with Crippen LogP contribution in [0, 0.1) is 0 Å². The Kier molecular flexibility index (Phi) is 2.60. The van der Waals surface area contributed by atoms with Crippen molar-refractivity contribution in [2.45, 2.75) is 18.5 Å². The molecule has 0 atom stereocenters. The van der Waals surface area contributed by atoms with Crippen LogP contribution < -0.4 is 5.32 Å². The minimum Gasteiger partial charge on any atom is -0.456 e. The maximum Gasteiger partial charge on any atom is 0.170 e. The highest BCUT2D eigenvalue weighted by Gasteiger charge is 2.37. The third kappa shape index (κ3) is 1.83. The summed E-state index contributed by atoms with van der Waals surface area (Å²) in [6.45, 7) is 1.36. The molecule has 0 radical (unpaired) electrons. The number of benzene rings is 1. The summed E-state index contributed by atoms with van der Waals surface area (Å²) in [4.78, 5) is 0. The van der Waals surface area contributed by atoms with Crippen LogP contribution in [0.4, 0.5) is 4.39 Å². The van der Waals surface area contributed by atoms with Gasteiger partial charge in [0.1, 0.15) is 5.76 Å². The average molecular weight is 254 g/mol. The molecule has 1 aromatic heterocycles. The Bertz CT molecular complexity index is 545. The molecule has 4 heteroatoms. The number of hydrogen-bond donors (Lipinski definition) is 1. The standard InChI is InChI=1S/C13H13ClFNO/c14-10-3-1-2-9-8-11(17-12(9)10)13(15)4-6-16-7-5-13/h1-3,8,16H,4-7H2. The molecular weight excluding hydrogens is 241 g/mol. The lowest BCUT2D eigenvalue weighted by molar-refractivity contribution is 0.0889. The number of rotatable bonds is 1. The van der Waals surface area contributed by atoms with Crippen molar-refractivity contribution in [3.63, 3.8) is 0 Å². The van der Waals surface area contributed by atoms with E-state index in [-0.39, 0.29) is 0 Å². The van der Waals surface area contributed by atoms with Crippen LogP contribution in [0.1, 0.15) is 18.6 Å². The molecular formula is C13H13ClFNO. The highest BCUT2D eigenvalue weighted by molar-refractivity contribution is 6.34. The minimum absolute atomic E-state index is 0.405. The number of nitrogens with one attached hydrogen (secondary N) is 1. The molecule has 0 spiro atoms. The average Bonchev–Trinajstić information content (AvgIpc) is 2.76. The molecule has 17 heavy (non-hydrogen) atoms. The molecule has 0 saturated carbocycles. The van der Waals surface area contributed by atoms with Gasteiger partial charge in [0.2, 0.25) is 0 Å². The van der Waals surface area contributed by atoms with Gasteiger partial charge in [0.05, 0.1) is 5.02 Å². The molecule has 1 aliphatic heterocycles. The highest BCUT2D eigenvalue weighted by atomic mass is 35.5. The normalized spacial score (nSPS) is 19.6. The molecule has 2 heterocycles. The molecule has 0 aliphatic carbocycles. The van der Waals surface area contributed by atoms with Gasteiger partial charge in [-0.15, -0.1) is 0 Å². The van der Waals surface area contributed by atoms with Gasteiger partial charge >= 0.3 is 0 Å². The van der Waals surface area contributed by atoms with E-state index < -0.39 is 5.67 Å². The predicted molar refractivity (Wildman–Crippen MR) is 66.1 cm³/mol. The Morgan fingerprint density at radius 3 is 2.76 bits per heavy atom. The number of alkyl halides is 1. The third-order valence-electron chi connectivity index (χ3n) is 3.33. The Balaban J connectivity index is 2.08. The second kappa shape index (κ2) is 4.00. The van der Waals surface area contributed by atoms with Gasteiger partial charge in [-0.1, -0.05) is 23.7 Å². The molecule has 0 bridgehead atoms. The first-order chi connectivity index (χ1) is 8.19. The first kappa shape index (κ1) is 11.1. The molecule has 1 aromatic carbocycles. The zero-order valence-corrected chi connectivity index (χ0v) is 10.1. The van der Waals surface area contributed by atoms with Crippen molar-refractivity contribution >= 4 is 22.6 Å². The van der Waals surface area contributed by atoms with Crippen LogP contribution in [0.2, 0.25) is 5.02 Å². The van der Waals surface area contributed by atoms with Crippen molar-refractivity contribution in [2.24, 2.45) is 0 Å². The summed E-state index contributed by atoms with van der Waals surface area (Å²) in [7, 11) is 0. The monoisotopic (exact) mass is 253 g/mol. The number of para-hydroxylation sites is 1. The fourth-order valence-corrected chi connectivity index (χ4v) is 2.54. The van der Waals surface area contributed by atoms with Crippen LogP contribution in [0.3, 0.4) is 0 Å². The number of halogens is 2. The number of furan rings is 1. The summed E-state index contributed by atoms with van der Waals surface area (Å²) in [6.07, 6.45) is 0.898. The van der Waals surface area contributed by atoms with Crippen molar-refractivity contribution in [3.05, 3.63) is 35.0 Å². The lowest BCUT2D eigenvalue weighted by Gasteiger charge is -2.27. The summed E-state index contributed by atoms with van der Waals surface area (Å²) < 4.78 is 20.3. The van der Waals surface area contributed by atoms with Gasteiger partial charge in [-0.05, 0) is 25.2 Å². The zero-order chi connectivity index (χ0) is 11.9. The maximum atomic E-state index is 14.7. The largest absolute Gasteiger partial charge is 0.456 e. The van der Waals surface area contributed by atoms with E-state index in [1.54, 1.807) is 12.1 Å². The Labute approximate surface area is 104 Å². The zero-order valence-electron chi connectivity index (χ0n) is 9.30. The molecule has 1 aliphatic rings. The summed E-state index contributed by atoms with van der Waals surface area (Å²) >= 11 is 6.03. The van der Waals surface area contributed by atoms with Crippen molar-refractivity contribution in [1.29, 1.82) is 0 Å². The second-order valence-electron chi connectivity index (χ2n) is 4.48. The SMILES string of the molecule is FC1(c2cc3cccc(Cl)c3o2)CCNCC1. The first-order valence-corrected chi connectivity index (χ1v) is 6.15. The van der Waals surface area contributed by atoms with Crippen LogP contribution in [0.5, 0.6) is 0 Å². The summed E-state index contributed by atoms with van der Waals surface area (Å²) in [6, 6.07) is 7.26. The van der Waals surface area contributed by atoms with Crippen molar-refractivity contribution < 1.29 is 8.81 Å². The van der Waals surface area contributed by atoms with E-state index in [0.29, 0.717) is 42.3 Å². The van der Waals surface area contributed by atoms with Crippen molar-refractivity contribution in [1.82, 2.24) is 5.32 Å². The summed E-state index contributed by atoms with van der Waals surface area (Å²) in [5.74, 6) is 0.405. The Morgan fingerprint density at radius 1 is 1.29 bits per heavy atom. The van der Waals surface area contributed by atoms with E-state index in [9.17, 15) is 4.39 Å². The quantitative estimate of drug-likeness (QED) is 0.840. The maximum absolute atomic E-state index is 14.7. The van der Waals surface area contributed by atoms with Crippen molar-refractivity contribution in [3.8, 4) is 0 Å². The van der Waals surface area contributed by atoms with Gasteiger partial charge in [-0.2, -0.15) is 0 Å². The molecule has 2 nitrogen and oxygen atoms in total. The van der Waals surface area contributed by atoms with E-state index in [2.05, 4.69) is 5.32 Å². The van der Waals surface area contributed by atoms with Crippen LogP contribution in [0.15, 0.2) is 28.7 Å². The fourth-order valence-electron chi connectivity index (χ4n) is 2.32. The van der Waals surface area contributed by atoms with E-state index in [1.807, 2.05) is 12.1 Å². The van der Waals surface area contributed by atoms with Gasteiger partial charge in [-0.3, -0.25) is 0 Å². The molecule has 1 saturated heterocycles. The van der Waals surface area contributed by atoms with Gasteiger partial charge in [0.15, 0.2) is 11.3 Å². The van der Waals surface area contributed by atoms with E-state index in [4.69, 9.17) is 16.0 Å². The molecule has 2 aromatic rings. The smallest absolute Gasteiger partial charge is 0.170 e. The Hall–Kier alpha value is -1.06. The van der Waals surface area contributed by atoms with Crippen LogP contribution in [0.25, 0.3) is 11.0 Å². The molecule has 1 fully saturated rings. The molecule has 90 valence electrons. The first-order valence-electron chi connectivity index (χ1n) is 5.77. The predicted octanol–water partition coefficient (Wildman–Crippen LogP) is 3.63. The summed E-state index contributed by atoms with van der Waals surface area (Å²) in [5.41, 5.74) is -0.770. The number of hydrogen-bond acceptors (Lipinski definition) is 2. The number of fused-ring (bicyclic) bond motifs is 1. The van der Waals surface area contributed by atoms with Crippen LogP contribution in [-0.4, -0.2) is 13.1 Å². The van der Waals surface area contributed by atoms with E-state index in [1.165, 1.54) is 0 Å². The van der Waals surface area contributed by atoms with Crippen LogP contribution >= 0.6 is 11.6 Å². The summed E-state index contributed by atoms with van der Waals surface area (Å²) in [5, 5.41) is 4.54. The number of piperidine rings is 1. The topological polar surface area (TPSA) is 25.2 Å². The second-order valence-corrected chi connectivity index (χ2v) is 4.89. The van der Waals surface area contributed by atoms with E-state index >= 15 is 0 Å². The van der Waals surface area contributed by atoms with Crippen molar-refractivity contribution in [2.75, 3.05) is 13.1 Å². The molecule has 1 N–H and O–H groups in total. The lowest BCUT2D eigenvalue weighted by atomic mass is 9.92. The minimum atomic E-state index is -1.35. The highest BCUT2D eigenvalue weighted by Crippen LogP contribution is 2.39. The van der Waals surface area contributed by atoms with Gasteiger partial charge in [0, 0.05) is 18.2 Å².